The molecule has 0 saturated heterocycles. The van der Waals surface area contributed by atoms with Crippen LogP contribution in [-0.4, -0.2) is 11.8 Å². The van der Waals surface area contributed by atoms with Crippen molar-refractivity contribution in [1.29, 1.82) is 0 Å². The molecule has 4 nitrogen and oxygen atoms in total. The van der Waals surface area contributed by atoms with Gasteiger partial charge in [0.25, 0.3) is 0 Å². The highest BCUT2D eigenvalue weighted by Crippen LogP contribution is 2.35. The molecule has 0 saturated carbocycles. The minimum Gasteiger partial charge on any atom is -0.452 e. The monoisotopic (exact) mass is 370 g/mol. The molecule has 1 aliphatic heterocycles. The van der Waals surface area contributed by atoms with Crippen molar-refractivity contribution in [3.8, 4) is 11.5 Å². The zero-order valence-corrected chi connectivity index (χ0v) is 15.6. The third kappa shape index (κ3) is 3.58. The van der Waals surface area contributed by atoms with Crippen LogP contribution >= 0.6 is 0 Å². The lowest BCUT2D eigenvalue weighted by Crippen LogP contribution is -2.08. The average Bonchev–Trinajstić information content (AvgIpc) is 2.97. The number of fused-ring (bicyclic) bond motifs is 1. The van der Waals surface area contributed by atoms with E-state index in [1.807, 2.05) is 44.2 Å². The van der Waals surface area contributed by atoms with E-state index in [-0.39, 0.29) is 11.5 Å². The van der Waals surface area contributed by atoms with Crippen LogP contribution in [0.25, 0.3) is 6.08 Å². The molecule has 4 rings (SSSR count). The Morgan fingerprint density at radius 1 is 0.929 bits per heavy atom. The molecule has 0 spiro atoms. The lowest BCUT2D eigenvalue weighted by molar-refractivity contribution is 0.0734. The van der Waals surface area contributed by atoms with Crippen LogP contribution in [0.5, 0.6) is 11.5 Å². The summed E-state index contributed by atoms with van der Waals surface area (Å²) in [6.07, 6.45) is 1.72. The lowest BCUT2D eigenvalue weighted by Gasteiger charge is -2.06. The van der Waals surface area contributed by atoms with Crippen molar-refractivity contribution in [1.82, 2.24) is 0 Å². The topological polar surface area (TPSA) is 52.6 Å². The van der Waals surface area contributed by atoms with Crippen LogP contribution < -0.4 is 9.47 Å². The number of Topliss-reactive ketones (excluding diaryl/α,β-unsaturated/α-hetero) is 1. The quantitative estimate of drug-likeness (QED) is 0.364. The lowest BCUT2D eigenvalue weighted by atomic mass is 10.1. The van der Waals surface area contributed by atoms with Crippen LogP contribution in [0.15, 0.2) is 72.5 Å². The van der Waals surface area contributed by atoms with Crippen LogP contribution in [-0.2, 0) is 0 Å². The molecule has 0 unspecified atom stereocenters. The van der Waals surface area contributed by atoms with Crippen molar-refractivity contribution < 1.29 is 19.1 Å². The number of ether oxygens (including phenoxy) is 2. The molecular formula is C24H18O4. The van der Waals surface area contributed by atoms with Gasteiger partial charge >= 0.3 is 5.97 Å². The number of allylic oxidation sites excluding steroid dienone is 1. The van der Waals surface area contributed by atoms with E-state index in [0.717, 1.165) is 16.7 Å². The summed E-state index contributed by atoms with van der Waals surface area (Å²) in [6, 6.07) is 19.8. The molecule has 3 aromatic rings. The molecule has 1 aliphatic rings. The van der Waals surface area contributed by atoms with Gasteiger partial charge in [-0.15, -0.1) is 0 Å². The summed E-state index contributed by atoms with van der Waals surface area (Å²) < 4.78 is 11.2. The van der Waals surface area contributed by atoms with Gasteiger partial charge in [0.05, 0.1) is 11.1 Å². The van der Waals surface area contributed by atoms with E-state index in [2.05, 4.69) is 0 Å². The molecule has 0 radical (unpaired) electrons. The van der Waals surface area contributed by atoms with E-state index < -0.39 is 5.97 Å². The third-order valence-corrected chi connectivity index (χ3v) is 4.45. The van der Waals surface area contributed by atoms with Gasteiger partial charge in [-0.25, -0.2) is 4.79 Å². The van der Waals surface area contributed by atoms with Gasteiger partial charge in [-0.3, -0.25) is 4.79 Å². The summed E-state index contributed by atoms with van der Waals surface area (Å²) in [5, 5.41) is 0. The molecule has 28 heavy (non-hydrogen) atoms. The normalized spacial score (nSPS) is 13.9. The first-order chi connectivity index (χ1) is 13.5. The van der Waals surface area contributed by atoms with Crippen molar-refractivity contribution in [2.45, 2.75) is 13.8 Å². The van der Waals surface area contributed by atoms with E-state index in [1.165, 1.54) is 0 Å². The zero-order chi connectivity index (χ0) is 19.7. The fraction of sp³-hybridized carbons (Fsp3) is 0.0833. The summed E-state index contributed by atoms with van der Waals surface area (Å²) in [5.74, 6) is 0.327. The highest BCUT2D eigenvalue weighted by Gasteiger charge is 2.28. The molecular weight excluding hydrogens is 352 g/mol. The number of hydrogen-bond acceptors (Lipinski definition) is 4. The van der Waals surface area contributed by atoms with Gasteiger partial charge in [-0.05, 0) is 49.8 Å². The molecule has 3 aromatic carbocycles. The summed E-state index contributed by atoms with van der Waals surface area (Å²) in [6.45, 7) is 3.90. The molecule has 0 amide bonds. The van der Waals surface area contributed by atoms with Gasteiger partial charge in [0.1, 0.15) is 11.5 Å². The molecule has 0 N–H and O–H groups in total. The number of hydrogen-bond donors (Lipinski definition) is 0. The largest absolute Gasteiger partial charge is 0.452 e. The van der Waals surface area contributed by atoms with Gasteiger partial charge in [-0.1, -0.05) is 47.5 Å². The van der Waals surface area contributed by atoms with Crippen molar-refractivity contribution in [3.63, 3.8) is 0 Å². The maximum atomic E-state index is 12.6. The summed E-state index contributed by atoms with van der Waals surface area (Å²) >= 11 is 0. The van der Waals surface area contributed by atoms with Gasteiger partial charge in [0.2, 0.25) is 5.78 Å². The van der Waals surface area contributed by atoms with Crippen LogP contribution in [0.2, 0.25) is 0 Å². The highest BCUT2D eigenvalue weighted by atomic mass is 16.5. The minimum atomic E-state index is -0.455. The summed E-state index contributed by atoms with van der Waals surface area (Å²) in [4.78, 5) is 24.9. The molecule has 1 heterocycles. The molecule has 0 aliphatic carbocycles. The summed E-state index contributed by atoms with van der Waals surface area (Å²) in [7, 11) is 0. The van der Waals surface area contributed by atoms with Crippen molar-refractivity contribution in [2.75, 3.05) is 0 Å². The SMILES string of the molecule is Cc1cccc(/C=C2\Oc3cc(OC(=O)c4cccc(C)c4)ccc3C2=O)c1. The Morgan fingerprint density at radius 2 is 1.68 bits per heavy atom. The van der Waals surface area contributed by atoms with Crippen LogP contribution in [0.3, 0.4) is 0 Å². The second kappa shape index (κ2) is 7.16. The van der Waals surface area contributed by atoms with E-state index >= 15 is 0 Å². The Morgan fingerprint density at radius 3 is 2.43 bits per heavy atom. The first kappa shape index (κ1) is 17.7. The zero-order valence-electron chi connectivity index (χ0n) is 15.6. The van der Waals surface area contributed by atoms with E-state index in [1.54, 1.807) is 42.5 Å². The van der Waals surface area contributed by atoms with E-state index in [9.17, 15) is 9.59 Å². The number of rotatable bonds is 3. The Hall–Kier alpha value is -3.66. The number of esters is 1. The Bertz CT molecular complexity index is 1120. The maximum absolute atomic E-state index is 12.6. The van der Waals surface area contributed by atoms with Gasteiger partial charge in [-0.2, -0.15) is 0 Å². The number of ketones is 1. The third-order valence-electron chi connectivity index (χ3n) is 4.45. The van der Waals surface area contributed by atoms with Gasteiger partial charge in [0.15, 0.2) is 5.76 Å². The predicted molar refractivity (Wildman–Crippen MR) is 107 cm³/mol. The molecule has 0 aromatic heterocycles. The summed E-state index contributed by atoms with van der Waals surface area (Å²) in [5.41, 5.74) is 3.89. The second-order valence-corrected chi connectivity index (χ2v) is 6.77. The minimum absolute atomic E-state index is 0.187. The Balaban J connectivity index is 1.56. The molecule has 138 valence electrons. The first-order valence-corrected chi connectivity index (χ1v) is 8.93. The van der Waals surface area contributed by atoms with E-state index in [4.69, 9.17) is 9.47 Å². The Kier molecular flexibility index (Phi) is 4.53. The smallest absolute Gasteiger partial charge is 0.343 e. The number of carbonyl (C=O) groups is 2. The van der Waals surface area contributed by atoms with Gasteiger partial charge < -0.3 is 9.47 Å². The average molecular weight is 370 g/mol. The van der Waals surface area contributed by atoms with E-state index in [0.29, 0.717) is 22.6 Å². The van der Waals surface area contributed by atoms with Gasteiger partial charge in [0, 0.05) is 6.07 Å². The molecule has 0 atom stereocenters. The Labute approximate surface area is 163 Å². The fourth-order valence-corrected chi connectivity index (χ4v) is 3.08. The van der Waals surface area contributed by atoms with Crippen LogP contribution in [0.4, 0.5) is 0 Å². The van der Waals surface area contributed by atoms with Crippen molar-refractivity contribution in [3.05, 3.63) is 100 Å². The van der Waals surface area contributed by atoms with Crippen LogP contribution in [0.1, 0.15) is 37.4 Å². The molecule has 0 bridgehead atoms. The predicted octanol–water partition coefficient (Wildman–Crippen LogP) is 5.14. The second-order valence-electron chi connectivity index (χ2n) is 6.77. The van der Waals surface area contributed by atoms with Crippen LogP contribution in [0, 0.1) is 13.8 Å². The highest BCUT2D eigenvalue weighted by molar-refractivity contribution is 6.14. The number of carbonyl (C=O) groups excluding carboxylic acids is 2. The standard InChI is InChI=1S/C24H18O4/c1-15-5-3-7-17(11-15)13-22-23(25)20-10-9-19(14-21(20)28-22)27-24(26)18-8-4-6-16(2)12-18/h3-14H,1-2H3/b22-13-. The maximum Gasteiger partial charge on any atom is 0.343 e. The number of aryl methyl sites for hydroxylation is 2. The van der Waals surface area contributed by atoms with Crippen molar-refractivity contribution in [2.24, 2.45) is 0 Å². The first-order valence-electron chi connectivity index (χ1n) is 8.93. The fourth-order valence-electron chi connectivity index (χ4n) is 3.08. The number of benzene rings is 3. The molecule has 0 fully saturated rings. The van der Waals surface area contributed by atoms with Crippen molar-refractivity contribution >= 4 is 17.8 Å². The molecule has 4 heteroatoms.